The third kappa shape index (κ3) is 2.30. The molecule has 0 aliphatic carbocycles. The fourth-order valence-corrected chi connectivity index (χ4v) is 4.95. The minimum atomic E-state index is -0.252. The molecule has 3 atom stereocenters. The van der Waals surface area contributed by atoms with Crippen molar-refractivity contribution in [3.8, 4) is 0 Å². The first-order valence-corrected chi connectivity index (χ1v) is 8.37. The Hall–Kier alpha value is -0.940. The molecule has 1 aromatic rings. The molecule has 0 aromatic heterocycles. The average molecular weight is 293 g/mol. The van der Waals surface area contributed by atoms with Crippen molar-refractivity contribution < 1.29 is 9.59 Å². The van der Waals surface area contributed by atoms with Gasteiger partial charge in [0, 0.05) is 17.4 Å². The monoisotopic (exact) mass is 293 g/mol. The fraction of sp³-hybridized carbons (Fsp3) is 0.429. The number of hydrogen-bond acceptors (Lipinski definition) is 4. The Morgan fingerprint density at radius 3 is 2.63 bits per heavy atom. The Labute approximate surface area is 121 Å². The number of benzene rings is 1. The number of carbonyl (C=O) groups is 2. The van der Waals surface area contributed by atoms with Crippen molar-refractivity contribution in [1.82, 2.24) is 4.90 Å². The van der Waals surface area contributed by atoms with Crippen molar-refractivity contribution in [1.29, 1.82) is 0 Å². The SMILES string of the molecule is C[C@@H]1CSC(=O)[C@@H]2CSC(c3ccccc3)N2C1=O. The van der Waals surface area contributed by atoms with E-state index in [0.29, 0.717) is 11.5 Å². The summed E-state index contributed by atoms with van der Waals surface area (Å²) in [7, 11) is 0. The van der Waals surface area contributed by atoms with E-state index in [0.717, 1.165) is 5.56 Å². The minimum Gasteiger partial charge on any atom is -0.314 e. The molecule has 2 saturated heterocycles. The lowest BCUT2D eigenvalue weighted by Gasteiger charge is -2.28. The van der Waals surface area contributed by atoms with Crippen LogP contribution < -0.4 is 0 Å². The number of fused-ring (bicyclic) bond motifs is 1. The van der Waals surface area contributed by atoms with Gasteiger partial charge in [0.1, 0.15) is 11.4 Å². The summed E-state index contributed by atoms with van der Waals surface area (Å²) in [6.07, 6.45) is 0. The first-order chi connectivity index (χ1) is 9.18. The summed E-state index contributed by atoms with van der Waals surface area (Å²) in [5, 5.41) is 0.132. The largest absolute Gasteiger partial charge is 0.314 e. The molecule has 19 heavy (non-hydrogen) atoms. The van der Waals surface area contributed by atoms with Crippen LogP contribution >= 0.6 is 23.5 Å². The van der Waals surface area contributed by atoms with E-state index in [-0.39, 0.29) is 28.4 Å². The lowest BCUT2D eigenvalue weighted by atomic mass is 10.1. The highest BCUT2D eigenvalue weighted by molar-refractivity contribution is 8.14. The smallest absolute Gasteiger partial charge is 0.228 e. The molecular weight excluding hydrogens is 278 g/mol. The lowest BCUT2D eigenvalue weighted by molar-refractivity contribution is -0.138. The van der Waals surface area contributed by atoms with Crippen molar-refractivity contribution in [2.24, 2.45) is 5.92 Å². The summed E-state index contributed by atoms with van der Waals surface area (Å²) < 4.78 is 0. The highest BCUT2D eigenvalue weighted by Gasteiger charge is 2.45. The van der Waals surface area contributed by atoms with E-state index in [9.17, 15) is 9.59 Å². The molecule has 2 heterocycles. The van der Waals surface area contributed by atoms with Crippen LogP contribution in [0.15, 0.2) is 30.3 Å². The molecule has 5 heteroatoms. The Morgan fingerprint density at radius 1 is 1.16 bits per heavy atom. The molecule has 1 amide bonds. The average Bonchev–Trinajstić information content (AvgIpc) is 2.85. The number of rotatable bonds is 1. The Kier molecular flexibility index (Phi) is 3.58. The van der Waals surface area contributed by atoms with Gasteiger partial charge in [0.2, 0.25) is 11.0 Å². The van der Waals surface area contributed by atoms with Gasteiger partial charge in [-0.05, 0) is 5.56 Å². The van der Waals surface area contributed by atoms with Crippen LogP contribution in [-0.2, 0) is 9.59 Å². The molecular formula is C14H15NO2S2. The van der Waals surface area contributed by atoms with Crippen molar-refractivity contribution >= 4 is 34.5 Å². The van der Waals surface area contributed by atoms with Gasteiger partial charge in [0.25, 0.3) is 0 Å². The van der Waals surface area contributed by atoms with Gasteiger partial charge < -0.3 is 4.90 Å². The molecule has 0 spiro atoms. The van der Waals surface area contributed by atoms with E-state index in [2.05, 4.69) is 0 Å². The molecule has 0 bridgehead atoms. The third-order valence-electron chi connectivity index (χ3n) is 3.51. The van der Waals surface area contributed by atoms with E-state index in [1.807, 2.05) is 42.2 Å². The van der Waals surface area contributed by atoms with Gasteiger partial charge in [-0.25, -0.2) is 0 Å². The summed E-state index contributed by atoms with van der Waals surface area (Å²) in [6, 6.07) is 9.73. The Morgan fingerprint density at radius 2 is 1.89 bits per heavy atom. The second-order valence-corrected chi connectivity index (χ2v) is 7.03. The number of carbonyl (C=O) groups excluding carboxylic acids is 2. The molecule has 1 aromatic carbocycles. The van der Waals surface area contributed by atoms with Crippen LogP contribution in [0.5, 0.6) is 0 Å². The predicted molar refractivity (Wildman–Crippen MR) is 78.9 cm³/mol. The zero-order valence-corrected chi connectivity index (χ0v) is 12.2. The summed E-state index contributed by atoms with van der Waals surface area (Å²) in [4.78, 5) is 26.4. The molecule has 1 unspecified atom stereocenters. The normalized spacial score (nSPS) is 31.2. The maximum Gasteiger partial charge on any atom is 0.228 e. The number of nitrogens with zero attached hydrogens (tertiary/aromatic N) is 1. The van der Waals surface area contributed by atoms with E-state index < -0.39 is 0 Å². The summed E-state index contributed by atoms with van der Waals surface area (Å²) in [5.74, 6) is 1.35. The highest BCUT2D eigenvalue weighted by atomic mass is 32.2. The molecule has 2 aliphatic heterocycles. The fourth-order valence-electron chi connectivity index (χ4n) is 2.46. The van der Waals surface area contributed by atoms with Crippen molar-refractivity contribution in [3.63, 3.8) is 0 Å². The molecule has 0 radical (unpaired) electrons. The van der Waals surface area contributed by atoms with Gasteiger partial charge in [0.15, 0.2) is 0 Å². The van der Waals surface area contributed by atoms with Crippen LogP contribution in [0, 0.1) is 5.92 Å². The van der Waals surface area contributed by atoms with Crippen LogP contribution in [-0.4, -0.2) is 33.5 Å². The maximum absolute atomic E-state index is 12.5. The first-order valence-electron chi connectivity index (χ1n) is 6.34. The Balaban J connectivity index is 1.96. The summed E-state index contributed by atoms with van der Waals surface area (Å²) >= 11 is 3.00. The van der Waals surface area contributed by atoms with E-state index >= 15 is 0 Å². The van der Waals surface area contributed by atoms with Crippen LogP contribution in [0.2, 0.25) is 0 Å². The predicted octanol–water partition coefficient (Wildman–Crippen LogP) is 2.54. The zero-order chi connectivity index (χ0) is 13.4. The quantitative estimate of drug-likeness (QED) is 0.797. The van der Waals surface area contributed by atoms with Gasteiger partial charge in [0.05, 0.1) is 0 Å². The Bertz CT molecular complexity index is 505. The number of hydrogen-bond donors (Lipinski definition) is 0. The van der Waals surface area contributed by atoms with Gasteiger partial charge in [-0.15, -0.1) is 11.8 Å². The van der Waals surface area contributed by atoms with E-state index in [4.69, 9.17) is 0 Å². The van der Waals surface area contributed by atoms with Crippen LogP contribution in [0.25, 0.3) is 0 Å². The standard InChI is InChI=1S/C14H15NO2S2/c1-9-7-19-14(17)11-8-18-13(15(11)12(9)16)10-5-3-2-4-6-10/h2-6,9,11,13H,7-8H2,1H3/t9-,11+,13?/m1/s1. The highest BCUT2D eigenvalue weighted by Crippen LogP contribution is 2.44. The summed E-state index contributed by atoms with van der Waals surface area (Å²) in [6.45, 7) is 1.91. The molecule has 100 valence electrons. The molecule has 0 saturated carbocycles. The van der Waals surface area contributed by atoms with Crippen molar-refractivity contribution in [3.05, 3.63) is 35.9 Å². The van der Waals surface area contributed by atoms with Crippen LogP contribution in [0.1, 0.15) is 17.9 Å². The zero-order valence-electron chi connectivity index (χ0n) is 10.6. The van der Waals surface area contributed by atoms with Gasteiger partial charge in [-0.3, -0.25) is 9.59 Å². The number of amides is 1. The number of thioether (sulfide) groups is 2. The molecule has 2 aliphatic rings. The molecule has 0 N–H and O–H groups in total. The van der Waals surface area contributed by atoms with E-state index in [1.54, 1.807) is 11.8 Å². The van der Waals surface area contributed by atoms with Crippen LogP contribution in [0.4, 0.5) is 0 Å². The summed E-state index contributed by atoms with van der Waals surface area (Å²) in [5.41, 5.74) is 1.11. The third-order valence-corrected chi connectivity index (χ3v) is 6.06. The van der Waals surface area contributed by atoms with Crippen LogP contribution in [0.3, 0.4) is 0 Å². The molecule has 3 nitrogen and oxygen atoms in total. The second-order valence-electron chi connectivity index (χ2n) is 4.89. The molecule has 3 rings (SSSR count). The first kappa shape index (κ1) is 13.1. The topological polar surface area (TPSA) is 37.4 Å². The molecule has 2 fully saturated rings. The second kappa shape index (κ2) is 5.21. The van der Waals surface area contributed by atoms with Gasteiger partial charge in [-0.1, -0.05) is 49.0 Å². The van der Waals surface area contributed by atoms with E-state index in [1.165, 1.54) is 11.8 Å². The minimum absolute atomic E-state index is 0.0104. The van der Waals surface area contributed by atoms with Crippen molar-refractivity contribution in [2.45, 2.75) is 18.3 Å². The van der Waals surface area contributed by atoms with Gasteiger partial charge >= 0.3 is 0 Å². The van der Waals surface area contributed by atoms with Gasteiger partial charge in [-0.2, -0.15) is 0 Å². The van der Waals surface area contributed by atoms with Crippen molar-refractivity contribution in [2.75, 3.05) is 11.5 Å². The maximum atomic E-state index is 12.5. The lowest BCUT2D eigenvalue weighted by Crippen LogP contribution is -2.42.